The summed E-state index contributed by atoms with van der Waals surface area (Å²) in [5.41, 5.74) is 0. The largest absolute Gasteiger partial charge is 0.472 e. The summed E-state index contributed by atoms with van der Waals surface area (Å²) >= 11 is 0. The van der Waals surface area contributed by atoms with Crippen molar-refractivity contribution in [2.24, 2.45) is 23.7 Å². The second-order valence-electron chi connectivity index (χ2n) is 26.5. The van der Waals surface area contributed by atoms with E-state index >= 15 is 0 Å². The van der Waals surface area contributed by atoms with Gasteiger partial charge in [-0.2, -0.15) is 0 Å². The van der Waals surface area contributed by atoms with Crippen LogP contribution in [-0.4, -0.2) is 96.7 Å². The molecule has 0 spiro atoms. The van der Waals surface area contributed by atoms with Crippen LogP contribution in [-0.2, 0) is 65.4 Å². The minimum absolute atomic E-state index is 0.104. The molecule has 0 amide bonds. The van der Waals surface area contributed by atoms with Gasteiger partial charge in [0.25, 0.3) is 0 Å². The Balaban J connectivity index is 5.26. The van der Waals surface area contributed by atoms with Crippen LogP contribution in [0.2, 0.25) is 0 Å². The molecule has 0 rings (SSSR count). The van der Waals surface area contributed by atoms with E-state index < -0.39 is 97.5 Å². The van der Waals surface area contributed by atoms with Crippen LogP contribution in [0.3, 0.4) is 0 Å². The second-order valence-corrected chi connectivity index (χ2v) is 29.4. The van der Waals surface area contributed by atoms with Crippen LogP contribution in [0.15, 0.2) is 0 Å². The van der Waals surface area contributed by atoms with Crippen molar-refractivity contribution in [3.05, 3.63) is 0 Å². The predicted molar refractivity (Wildman–Crippen MR) is 358 cm³/mol. The molecular formula is C70H136O17P2. The first-order valence-electron chi connectivity index (χ1n) is 36.3. The van der Waals surface area contributed by atoms with Gasteiger partial charge in [0.1, 0.15) is 19.3 Å². The number of esters is 4. The number of unbranched alkanes of at least 4 members (excludes halogenated alkanes) is 30. The van der Waals surface area contributed by atoms with E-state index in [1.54, 1.807) is 0 Å². The van der Waals surface area contributed by atoms with Gasteiger partial charge in [-0.05, 0) is 49.4 Å². The lowest BCUT2D eigenvalue weighted by Gasteiger charge is -2.21. The fourth-order valence-electron chi connectivity index (χ4n) is 10.4. The lowest BCUT2D eigenvalue weighted by atomic mass is 9.99. The molecule has 0 saturated carbocycles. The van der Waals surface area contributed by atoms with Crippen molar-refractivity contribution in [1.29, 1.82) is 0 Å². The van der Waals surface area contributed by atoms with Crippen LogP contribution in [0.5, 0.6) is 0 Å². The van der Waals surface area contributed by atoms with Crippen molar-refractivity contribution >= 4 is 39.5 Å². The number of phosphoric ester groups is 2. The topological polar surface area (TPSA) is 237 Å². The number of hydrogen-bond acceptors (Lipinski definition) is 15. The number of carbonyl (C=O) groups is 4. The molecule has 0 heterocycles. The summed E-state index contributed by atoms with van der Waals surface area (Å²) in [4.78, 5) is 72.5. The molecule has 0 aromatic rings. The fraction of sp³-hybridized carbons (Fsp3) is 0.943. The van der Waals surface area contributed by atoms with Crippen molar-refractivity contribution in [3.63, 3.8) is 0 Å². The van der Waals surface area contributed by atoms with Crippen LogP contribution < -0.4 is 0 Å². The Morgan fingerprint density at radius 3 is 0.798 bits per heavy atom. The maximum absolute atomic E-state index is 13.0. The number of carbonyl (C=O) groups excluding carboxylic acids is 4. The van der Waals surface area contributed by atoms with Crippen molar-refractivity contribution in [3.8, 4) is 0 Å². The molecule has 0 aromatic heterocycles. The minimum Gasteiger partial charge on any atom is -0.462 e. The van der Waals surface area contributed by atoms with E-state index in [9.17, 15) is 43.2 Å². The predicted octanol–water partition coefficient (Wildman–Crippen LogP) is 19.7. The van der Waals surface area contributed by atoms with E-state index in [0.717, 1.165) is 120 Å². The summed E-state index contributed by atoms with van der Waals surface area (Å²) in [5, 5.41) is 10.6. The first kappa shape index (κ1) is 87.1. The van der Waals surface area contributed by atoms with Crippen LogP contribution in [0.4, 0.5) is 0 Å². The minimum atomic E-state index is -4.95. The first-order valence-corrected chi connectivity index (χ1v) is 39.3. The van der Waals surface area contributed by atoms with Crippen molar-refractivity contribution < 1.29 is 80.2 Å². The Kier molecular flexibility index (Phi) is 58.5. The number of aliphatic hydroxyl groups is 1. The number of hydrogen-bond donors (Lipinski definition) is 3. The summed E-state index contributed by atoms with van der Waals surface area (Å²) < 4.78 is 68.3. The molecule has 0 bridgehead atoms. The Morgan fingerprint density at radius 1 is 0.315 bits per heavy atom. The van der Waals surface area contributed by atoms with E-state index in [-0.39, 0.29) is 25.7 Å². The summed E-state index contributed by atoms with van der Waals surface area (Å²) in [6.07, 6.45) is 41.6. The van der Waals surface area contributed by atoms with Crippen molar-refractivity contribution in [2.45, 2.75) is 363 Å². The molecule has 89 heavy (non-hydrogen) atoms. The molecule has 0 aliphatic carbocycles. The van der Waals surface area contributed by atoms with Gasteiger partial charge in [0, 0.05) is 25.7 Å². The smallest absolute Gasteiger partial charge is 0.462 e. The second kappa shape index (κ2) is 59.8. The highest BCUT2D eigenvalue weighted by molar-refractivity contribution is 7.47. The molecule has 17 nitrogen and oxygen atoms in total. The normalized spacial score (nSPS) is 15.2. The number of rotatable bonds is 67. The Bertz CT molecular complexity index is 1770. The molecule has 0 aliphatic heterocycles. The Hall–Kier alpha value is -1.94. The van der Waals surface area contributed by atoms with Gasteiger partial charge >= 0.3 is 39.5 Å². The number of aliphatic hydroxyl groups excluding tert-OH is 1. The van der Waals surface area contributed by atoms with Crippen molar-refractivity contribution in [2.75, 3.05) is 39.6 Å². The van der Waals surface area contributed by atoms with Gasteiger partial charge in [0.2, 0.25) is 0 Å². The Morgan fingerprint density at radius 2 is 0.539 bits per heavy atom. The van der Waals surface area contributed by atoms with Gasteiger partial charge in [-0.15, -0.1) is 0 Å². The lowest BCUT2D eigenvalue weighted by Crippen LogP contribution is -2.30. The van der Waals surface area contributed by atoms with Crippen LogP contribution >= 0.6 is 15.6 Å². The van der Waals surface area contributed by atoms with E-state index in [0.29, 0.717) is 25.7 Å². The standard InChI is InChI=1S/C70H136O17P2/c1-9-61(6)47-39-31-23-16-12-14-18-25-34-42-50-67(72)80-56-65(87-70(75)53-45-37-27-21-20-22-30-38-46-60(4)5)58-84-88(76,77)82-54-64(71)55-83-89(78,79)85-59-66(57-81-68(73)51-43-35-29-28-33-41-49-63(8)11-3)86-69(74)52-44-36-26-19-15-13-17-24-32-40-48-62(7)10-2/h60-66,71H,9-59H2,1-8H3,(H,76,77)(H,78,79)/t61?,62?,63?,64-,65-,66-/m1/s1. The van der Waals surface area contributed by atoms with E-state index in [2.05, 4.69) is 55.4 Å². The lowest BCUT2D eigenvalue weighted by molar-refractivity contribution is -0.161. The summed E-state index contributed by atoms with van der Waals surface area (Å²) in [7, 11) is -9.90. The average molecular weight is 1310 g/mol. The SMILES string of the molecule is CCC(C)CCCCCCCCCCCCC(=O)OC[C@H](COP(=O)(O)OC[C@@H](O)COP(=O)(O)OC[C@@H](COC(=O)CCCCCCCCC(C)CC)OC(=O)CCCCCCCCCCCCC(C)CC)OC(=O)CCCCCCCCCCC(C)C. The maximum atomic E-state index is 13.0. The summed E-state index contributed by atoms with van der Waals surface area (Å²) in [6.45, 7) is 14.1. The molecule has 3 N–H and O–H groups in total. The molecule has 19 heteroatoms. The van der Waals surface area contributed by atoms with Gasteiger partial charge in [0.05, 0.1) is 26.4 Å². The monoisotopic (exact) mass is 1310 g/mol. The van der Waals surface area contributed by atoms with Crippen LogP contribution in [0.25, 0.3) is 0 Å². The average Bonchev–Trinajstić information content (AvgIpc) is 3.70. The maximum Gasteiger partial charge on any atom is 0.472 e. The summed E-state index contributed by atoms with van der Waals surface area (Å²) in [5.74, 6) is 0.930. The highest BCUT2D eigenvalue weighted by Gasteiger charge is 2.30. The van der Waals surface area contributed by atoms with Gasteiger partial charge < -0.3 is 33.8 Å². The molecule has 528 valence electrons. The zero-order valence-corrected chi connectivity index (χ0v) is 59.8. The first-order chi connectivity index (χ1) is 42.7. The molecule has 5 unspecified atom stereocenters. The molecule has 0 aromatic carbocycles. The van der Waals surface area contributed by atoms with Crippen LogP contribution in [0.1, 0.15) is 344 Å². The molecule has 0 aliphatic rings. The molecule has 0 radical (unpaired) electrons. The zero-order valence-electron chi connectivity index (χ0n) is 58.1. The van der Waals surface area contributed by atoms with Gasteiger partial charge in [-0.1, -0.05) is 293 Å². The zero-order chi connectivity index (χ0) is 66.1. The van der Waals surface area contributed by atoms with Gasteiger partial charge in [-0.25, -0.2) is 9.13 Å². The van der Waals surface area contributed by atoms with Gasteiger partial charge in [0.15, 0.2) is 12.2 Å². The van der Waals surface area contributed by atoms with Gasteiger partial charge in [-0.3, -0.25) is 37.3 Å². The molecule has 8 atom stereocenters. The number of phosphoric acid groups is 2. The number of ether oxygens (including phenoxy) is 4. The van der Waals surface area contributed by atoms with Crippen LogP contribution in [0, 0.1) is 23.7 Å². The third-order valence-corrected chi connectivity index (χ3v) is 19.1. The fourth-order valence-corrected chi connectivity index (χ4v) is 12.0. The molecule has 0 fully saturated rings. The van der Waals surface area contributed by atoms with E-state index in [1.165, 1.54) is 141 Å². The quantitative estimate of drug-likeness (QED) is 0.0222. The van der Waals surface area contributed by atoms with Crippen molar-refractivity contribution in [1.82, 2.24) is 0 Å². The third kappa shape index (κ3) is 60.7. The van der Waals surface area contributed by atoms with E-state index in [4.69, 9.17) is 37.0 Å². The molecule has 0 saturated heterocycles. The Labute approximate surface area is 543 Å². The van der Waals surface area contributed by atoms with E-state index in [1.807, 2.05) is 0 Å². The highest BCUT2D eigenvalue weighted by Crippen LogP contribution is 2.45. The summed E-state index contributed by atoms with van der Waals surface area (Å²) in [6, 6.07) is 0. The highest BCUT2D eigenvalue weighted by atomic mass is 31.2. The third-order valence-electron chi connectivity index (χ3n) is 17.2. The molecular weight excluding hydrogens is 1170 g/mol.